The van der Waals surface area contributed by atoms with Gasteiger partial charge in [-0.1, -0.05) is 50.7 Å². The molecule has 1 aromatic carbocycles. The summed E-state index contributed by atoms with van der Waals surface area (Å²) in [5, 5.41) is 8.02. The minimum absolute atomic E-state index is 0.254. The topological polar surface area (TPSA) is 115 Å². The van der Waals surface area contributed by atoms with Crippen molar-refractivity contribution in [2.24, 2.45) is 0 Å². The molecule has 134 valence electrons. The Morgan fingerprint density at radius 2 is 1.80 bits per heavy atom. The van der Waals surface area contributed by atoms with E-state index in [1.165, 1.54) is 4.68 Å². The third kappa shape index (κ3) is 4.72. The lowest BCUT2D eigenvalue weighted by Crippen LogP contribution is -2.45. The molecule has 1 atom stereocenters. The van der Waals surface area contributed by atoms with Gasteiger partial charge in [0.2, 0.25) is 5.16 Å². The summed E-state index contributed by atoms with van der Waals surface area (Å²) in [5.74, 6) is 5.88. The van der Waals surface area contributed by atoms with E-state index in [9.17, 15) is 9.59 Å². The largest absolute Gasteiger partial charge is 0.336 e. The molecular formula is C16H22N6O2S. The maximum atomic E-state index is 12.2. The fraction of sp³-hybridized carbons (Fsp3) is 0.375. The second-order valence-electron chi connectivity index (χ2n) is 6.50. The molecule has 0 saturated heterocycles. The second-order valence-corrected chi connectivity index (χ2v) is 7.80. The minimum Gasteiger partial charge on any atom is -0.336 e. The number of rotatable bonds is 4. The van der Waals surface area contributed by atoms with Crippen LogP contribution in [0.1, 0.15) is 43.9 Å². The van der Waals surface area contributed by atoms with Crippen molar-refractivity contribution in [3.8, 4) is 0 Å². The molecule has 0 bridgehead atoms. The van der Waals surface area contributed by atoms with Crippen LogP contribution in [0.25, 0.3) is 0 Å². The van der Waals surface area contributed by atoms with Crippen molar-refractivity contribution in [1.29, 1.82) is 0 Å². The Hall–Kier alpha value is -2.55. The van der Waals surface area contributed by atoms with Crippen molar-refractivity contribution >= 4 is 23.6 Å². The molecule has 2 rings (SSSR count). The number of carbonyl (C=O) groups excluding carboxylic acids is 2. The van der Waals surface area contributed by atoms with Gasteiger partial charge in [0.15, 0.2) is 5.82 Å². The van der Waals surface area contributed by atoms with Crippen LogP contribution in [-0.4, -0.2) is 31.9 Å². The second kappa shape index (κ2) is 7.56. The normalized spacial score (nSPS) is 12.5. The van der Waals surface area contributed by atoms with E-state index in [-0.39, 0.29) is 17.2 Å². The minimum atomic E-state index is -0.518. The summed E-state index contributed by atoms with van der Waals surface area (Å²) < 4.78 is 1.39. The van der Waals surface area contributed by atoms with Gasteiger partial charge in [-0.05, 0) is 19.1 Å². The standard InChI is InChI=1S/C16H22N6O2S/c1-10(25-15-21-20-14(22(15)17)16(2,3)4)12(23)18-19-13(24)11-8-6-5-7-9-11/h5-10H,17H2,1-4H3,(H,18,23)(H,19,24)/t10-/m1/s1. The Kier molecular flexibility index (Phi) is 5.68. The van der Waals surface area contributed by atoms with Gasteiger partial charge in [0.25, 0.3) is 11.8 Å². The number of hydrogen-bond acceptors (Lipinski definition) is 6. The molecule has 9 heteroatoms. The molecule has 0 saturated carbocycles. The van der Waals surface area contributed by atoms with E-state index < -0.39 is 5.25 Å². The van der Waals surface area contributed by atoms with Gasteiger partial charge in [-0.2, -0.15) is 0 Å². The highest BCUT2D eigenvalue weighted by Gasteiger charge is 2.25. The number of nitrogens with two attached hydrogens (primary N) is 1. The van der Waals surface area contributed by atoms with E-state index in [1.807, 2.05) is 26.8 Å². The van der Waals surface area contributed by atoms with Crippen LogP contribution in [0.4, 0.5) is 0 Å². The summed E-state index contributed by atoms with van der Waals surface area (Å²) in [6.07, 6.45) is 0. The highest BCUT2D eigenvalue weighted by Crippen LogP contribution is 2.25. The molecule has 2 amide bonds. The van der Waals surface area contributed by atoms with Crippen LogP contribution in [0, 0.1) is 0 Å². The summed E-state index contributed by atoms with van der Waals surface area (Å²) >= 11 is 1.16. The molecule has 0 aliphatic carbocycles. The molecule has 0 spiro atoms. The van der Waals surface area contributed by atoms with Gasteiger partial charge in [0.05, 0.1) is 5.25 Å². The first-order valence-corrected chi connectivity index (χ1v) is 8.61. The number of aromatic nitrogens is 3. The van der Waals surface area contributed by atoms with E-state index in [0.29, 0.717) is 16.5 Å². The van der Waals surface area contributed by atoms with Crippen molar-refractivity contribution < 1.29 is 9.59 Å². The van der Waals surface area contributed by atoms with Crippen molar-refractivity contribution in [3.63, 3.8) is 0 Å². The van der Waals surface area contributed by atoms with Gasteiger partial charge < -0.3 is 5.84 Å². The molecule has 0 aliphatic rings. The SMILES string of the molecule is C[C@@H](Sc1nnc(C(C)(C)C)n1N)C(=O)NNC(=O)c1ccccc1. The summed E-state index contributed by atoms with van der Waals surface area (Å²) in [5.41, 5.74) is 4.99. The lowest BCUT2D eigenvalue weighted by molar-refractivity contribution is -0.121. The summed E-state index contributed by atoms with van der Waals surface area (Å²) in [4.78, 5) is 24.1. The molecule has 8 nitrogen and oxygen atoms in total. The van der Waals surface area contributed by atoms with Crippen molar-refractivity contribution in [2.75, 3.05) is 5.84 Å². The van der Waals surface area contributed by atoms with Crippen LogP contribution in [0.2, 0.25) is 0 Å². The van der Waals surface area contributed by atoms with E-state index in [4.69, 9.17) is 5.84 Å². The Bertz CT molecular complexity index is 754. The maximum Gasteiger partial charge on any atom is 0.269 e. The zero-order valence-corrected chi connectivity index (χ0v) is 15.4. The smallest absolute Gasteiger partial charge is 0.269 e. The van der Waals surface area contributed by atoms with Crippen molar-refractivity contribution in [1.82, 2.24) is 25.7 Å². The molecular weight excluding hydrogens is 340 g/mol. The number of hydrogen-bond donors (Lipinski definition) is 3. The maximum absolute atomic E-state index is 12.2. The van der Waals surface area contributed by atoms with Gasteiger partial charge >= 0.3 is 0 Å². The Labute approximate surface area is 150 Å². The average molecular weight is 362 g/mol. The molecule has 0 fully saturated rings. The first-order chi connectivity index (χ1) is 11.7. The number of nitrogens with zero attached hydrogens (tertiary/aromatic N) is 3. The van der Waals surface area contributed by atoms with Gasteiger partial charge in [-0.25, -0.2) is 4.68 Å². The number of amides is 2. The zero-order chi connectivity index (χ0) is 18.6. The molecule has 1 heterocycles. The summed E-state index contributed by atoms with van der Waals surface area (Å²) in [6.45, 7) is 7.62. The highest BCUT2D eigenvalue weighted by atomic mass is 32.2. The highest BCUT2D eigenvalue weighted by molar-refractivity contribution is 8.00. The Morgan fingerprint density at radius 1 is 1.16 bits per heavy atom. The van der Waals surface area contributed by atoms with Crippen molar-refractivity contribution in [2.45, 2.75) is 43.5 Å². The average Bonchev–Trinajstić information content (AvgIpc) is 2.94. The first-order valence-electron chi connectivity index (χ1n) is 7.73. The van der Waals surface area contributed by atoms with E-state index in [0.717, 1.165) is 11.8 Å². The number of hydrazine groups is 1. The quantitative estimate of drug-likeness (QED) is 0.428. The Balaban J connectivity index is 1.93. The number of nitrogens with one attached hydrogen (secondary N) is 2. The predicted octanol–water partition coefficient (Wildman–Crippen LogP) is 1.23. The van der Waals surface area contributed by atoms with Crippen LogP contribution >= 0.6 is 11.8 Å². The lowest BCUT2D eigenvalue weighted by atomic mass is 9.96. The van der Waals surface area contributed by atoms with Gasteiger partial charge in [-0.3, -0.25) is 20.4 Å². The first kappa shape index (κ1) is 18.8. The fourth-order valence-corrected chi connectivity index (χ4v) is 2.73. The lowest BCUT2D eigenvalue weighted by Gasteiger charge is -2.17. The molecule has 0 radical (unpaired) electrons. The van der Waals surface area contributed by atoms with Crippen LogP contribution in [0.3, 0.4) is 0 Å². The molecule has 1 aromatic heterocycles. The third-order valence-electron chi connectivity index (χ3n) is 3.32. The van der Waals surface area contributed by atoms with E-state index in [1.54, 1.807) is 31.2 Å². The number of thioether (sulfide) groups is 1. The number of carbonyl (C=O) groups is 2. The molecule has 25 heavy (non-hydrogen) atoms. The number of benzene rings is 1. The predicted molar refractivity (Wildman–Crippen MR) is 96.2 cm³/mol. The third-order valence-corrected chi connectivity index (χ3v) is 4.38. The van der Waals surface area contributed by atoms with E-state index >= 15 is 0 Å². The van der Waals surface area contributed by atoms with Crippen LogP contribution < -0.4 is 16.7 Å². The van der Waals surface area contributed by atoms with Crippen LogP contribution in [0.15, 0.2) is 35.5 Å². The molecule has 2 aromatic rings. The van der Waals surface area contributed by atoms with Crippen LogP contribution in [0.5, 0.6) is 0 Å². The molecule has 0 aliphatic heterocycles. The van der Waals surface area contributed by atoms with Gasteiger partial charge in [0, 0.05) is 11.0 Å². The molecule has 4 N–H and O–H groups in total. The van der Waals surface area contributed by atoms with Gasteiger partial charge in [-0.15, -0.1) is 10.2 Å². The van der Waals surface area contributed by atoms with Gasteiger partial charge in [0.1, 0.15) is 0 Å². The Morgan fingerprint density at radius 3 is 2.36 bits per heavy atom. The van der Waals surface area contributed by atoms with Crippen LogP contribution in [-0.2, 0) is 10.2 Å². The molecule has 0 unspecified atom stereocenters. The summed E-state index contributed by atoms with van der Waals surface area (Å²) in [7, 11) is 0. The fourth-order valence-electron chi connectivity index (χ4n) is 1.96. The van der Waals surface area contributed by atoms with Crippen molar-refractivity contribution in [3.05, 3.63) is 41.7 Å². The number of nitrogen functional groups attached to an aromatic ring is 1. The van der Waals surface area contributed by atoms with E-state index in [2.05, 4.69) is 21.0 Å². The summed E-state index contributed by atoms with van der Waals surface area (Å²) in [6, 6.07) is 8.62. The zero-order valence-electron chi connectivity index (χ0n) is 14.6. The monoisotopic (exact) mass is 362 g/mol.